The minimum absolute atomic E-state index is 0.00711. The van der Waals surface area contributed by atoms with E-state index in [0.717, 1.165) is 5.39 Å². The molecule has 10 heteroatoms. The van der Waals surface area contributed by atoms with E-state index in [0.29, 0.717) is 30.3 Å². The number of hydrogen-bond acceptors (Lipinski definition) is 5. The van der Waals surface area contributed by atoms with Crippen LogP contribution < -0.4 is 11.1 Å². The first-order valence-corrected chi connectivity index (χ1v) is 11.5. The van der Waals surface area contributed by atoms with Crippen molar-refractivity contribution < 1.29 is 23.1 Å². The van der Waals surface area contributed by atoms with Crippen LogP contribution in [0.25, 0.3) is 10.8 Å². The number of carbonyl (C=O) groups is 2. The molecule has 0 saturated heterocycles. The van der Waals surface area contributed by atoms with Crippen LogP contribution in [-0.2, 0) is 16.0 Å². The average Bonchev–Trinajstić information content (AvgIpc) is 2.84. The van der Waals surface area contributed by atoms with E-state index in [9.17, 15) is 18.4 Å². The number of ether oxygens (including phenoxy) is 1. The average molecular weight is 505 g/mol. The number of likely N-dealkylation sites (N-methyl/N-ethyl adjacent to an activating group) is 1. The van der Waals surface area contributed by atoms with Crippen LogP contribution in [0, 0.1) is 11.6 Å². The molecule has 2 aromatic carbocycles. The first-order valence-electron chi connectivity index (χ1n) is 11.2. The molecule has 186 valence electrons. The van der Waals surface area contributed by atoms with Gasteiger partial charge in [-0.3, -0.25) is 10.1 Å². The lowest BCUT2D eigenvalue weighted by molar-refractivity contribution is -0.132. The van der Waals surface area contributed by atoms with Gasteiger partial charge in [0, 0.05) is 25.1 Å². The van der Waals surface area contributed by atoms with E-state index in [1.807, 2.05) is 0 Å². The van der Waals surface area contributed by atoms with Crippen LogP contribution in [-0.4, -0.2) is 48.1 Å². The number of amides is 2. The largest absolute Gasteiger partial charge is 0.447 e. The molecule has 0 saturated carbocycles. The van der Waals surface area contributed by atoms with E-state index in [-0.39, 0.29) is 36.2 Å². The Morgan fingerprint density at radius 1 is 1.20 bits per heavy atom. The van der Waals surface area contributed by atoms with Crippen molar-refractivity contribution in [3.8, 4) is 0 Å². The normalized spacial score (nSPS) is 11.8. The van der Waals surface area contributed by atoms with Crippen molar-refractivity contribution in [2.75, 3.05) is 25.5 Å². The summed E-state index contributed by atoms with van der Waals surface area (Å²) in [5.74, 6) is -0.916. The third-order valence-electron chi connectivity index (χ3n) is 5.64. The summed E-state index contributed by atoms with van der Waals surface area (Å²) in [5.41, 5.74) is 6.17. The van der Waals surface area contributed by atoms with E-state index in [1.54, 1.807) is 31.3 Å². The topological polar surface area (TPSA) is 97.5 Å². The first-order chi connectivity index (χ1) is 16.8. The SMILES string of the molecule is CN(C(=O)CCc1cccc(F)c1Cl)[C@@H](CCCN)COC(=O)Nc1cc2cc(F)ccc2cn1. The minimum atomic E-state index is -0.751. The van der Waals surface area contributed by atoms with Gasteiger partial charge in [0.25, 0.3) is 0 Å². The number of fused-ring (bicyclic) bond motifs is 1. The van der Waals surface area contributed by atoms with Crippen LogP contribution in [0.3, 0.4) is 0 Å². The molecule has 0 aliphatic carbocycles. The lowest BCUT2D eigenvalue weighted by atomic mass is 10.1. The van der Waals surface area contributed by atoms with E-state index < -0.39 is 23.8 Å². The van der Waals surface area contributed by atoms with Gasteiger partial charge in [-0.2, -0.15) is 0 Å². The highest BCUT2D eigenvalue weighted by Gasteiger charge is 2.22. The Hall–Kier alpha value is -3.30. The zero-order chi connectivity index (χ0) is 25.4. The van der Waals surface area contributed by atoms with Crippen molar-refractivity contribution >= 4 is 40.2 Å². The van der Waals surface area contributed by atoms with E-state index in [2.05, 4.69) is 10.3 Å². The third kappa shape index (κ3) is 7.34. The number of benzene rings is 2. The smallest absolute Gasteiger partial charge is 0.412 e. The number of carbonyl (C=O) groups excluding carboxylic acids is 2. The maximum absolute atomic E-state index is 13.6. The van der Waals surface area contributed by atoms with Crippen molar-refractivity contribution in [1.29, 1.82) is 0 Å². The maximum atomic E-state index is 13.6. The van der Waals surface area contributed by atoms with Crippen LogP contribution in [0.2, 0.25) is 5.02 Å². The molecule has 0 radical (unpaired) electrons. The quantitative estimate of drug-likeness (QED) is 0.408. The van der Waals surface area contributed by atoms with Crippen LogP contribution in [0.1, 0.15) is 24.8 Å². The minimum Gasteiger partial charge on any atom is -0.447 e. The molecule has 1 aromatic heterocycles. The molecule has 0 fully saturated rings. The van der Waals surface area contributed by atoms with Gasteiger partial charge in [-0.25, -0.2) is 18.6 Å². The fraction of sp³-hybridized carbons (Fsp3) is 0.320. The maximum Gasteiger partial charge on any atom is 0.412 e. The van der Waals surface area contributed by atoms with Crippen molar-refractivity contribution in [3.05, 3.63) is 70.9 Å². The first kappa shape index (κ1) is 26.3. The molecule has 0 bridgehead atoms. The Kier molecular flexibility index (Phi) is 9.33. The number of anilines is 1. The van der Waals surface area contributed by atoms with Gasteiger partial charge >= 0.3 is 6.09 Å². The molecule has 0 aliphatic heterocycles. The lowest BCUT2D eigenvalue weighted by Gasteiger charge is -2.28. The van der Waals surface area contributed by atoms with E-state index >= 15 is 0 Å². The van der Waals surface area contributed by atoms with Gasteiger partial charge in [-0.1, -0.05) is 23.7 Å². The number of aromatic nitrogens is 1. The van der Waals surface area contributed by atoms with Gasteiger partial charge in [0.2, 0.25) is 5.91 Å². The zero-order valence-electron chi connectivity index (χ0n) is 19.3. The van der Waals surface area contributed by atoms with Gasteiger partial charge in [0.15, 0.2) is 0 Å². The molecule has 1 heterocycles. The van der Waals surface area contributed by atoms with Gasteiger partial charge in [0.05, 0.1) is 11.1 Å². The molecule has 35 heavy (non-hydrogen) atoms. The summed E-state index contributed by atoms with van der Waals surface area (Å²) in [4.78, 5) is 30.7. The highest BCUT2D eigenvalue weighted by Crippen LogP contribution is 2.22. The molecule has 1 atom stereocenters. The summed E-state index contributed by atoms with van der Waals surface area (Å²) in [6, 6.07) is 9.88. The molecule has 0 unspecified atom stereocenters. The number of nitrogens with one attached hydrogen (secondary N) is 1. The van der Waals surface area contributed by atoms with E-state index in [4.69, 9.17) is 22.1 Å². The summed E-state index contributed by atoms with van der Waals surface area (Å²) in [6.45, 7) is 0.359. The van der Waals surface area contributed by atoms with Gasteiger partial charge < -0.3 is 15.4 Å². The second kappa shape index (κ2) is 12.4. The van der Waals surface area contributed by atoms with E-state index in [1.165, 1.54) is 29.3 Å². The summed E-state index contributed by atoms with van der Waals surface area (Å²) in [7, 11) is 1.62. The highest BCUT2D eigenvalue weighted by atomic mass is 35.5. The Bertz CT molecular complexity index is 1190. The summed E-state index contributed by atoms with van der Waals surface area (Å²) < 4.78 is 32.5. The predicted octanol–water partition coefficient (Wildman–Crippen LogP) is 4.91. The monoisotopic (exact) mass is 504 g/mol. The van der Waals surface area contributed by atoms with Crippen molar-refractivity contribution in [2.45, 2.75) is 31.7 Å². The molecule has 0 spiro atoms. The molecule has 0 aliphatic rings. The van der Waals surface area contributed by atoms with Crippen molar-refractivity contribution in [2.24, 2.45) is 5.73 Å². The molecular formula is C25H27ClF2N4O3. The third-order valence-corrected chi connectivity index (χ3v) is 6.07. The van der Waals surface area contributed by atoms with Crippen LogP contribution in [0.4, 0.5) is 19.4 Å². The summed E-state index contributed by atoms with van der Waals surface area (Å²) >= 11 is 5.98. The zero-order valence-corrected chi connectivity index (χ0v) is 20.0. The Morgan fingerprint density at radius 3 is 2.77 bits per heavy atom. The number of nitrogens with two attached hydrogens (primary N) is 1. The molecule has 3 rings (SSSR count). The fourth-order valence-corrected chi connectivity index (χ4v) is 3.82. The standard InChI is InChI=1S/C25H27ClF2N4O3/c1-32(23(33)10-8-16-4-2-6-21(28)24(16)26)20(5-3-11-29)15-35-25(34)31-22-13-18-12-19(27)9-7-17(18)14-30-22/h2,4,6-7,9,12-14,20H,3,5,8,10-11,15,29H2,1H3,(H,30,31,34)/t20-/m0/s1. The number of hydrogen-bond donors (Lipinski definition) is 2. The Morgan fingerprint density at radius 2 is 2.00 bits per heavy atom. The molecule has 2 amide bonds. The summed E-state index contributed by atoms with van der Waals surface area (Å²) in [6.07, 6.45) is 2.31. The van der Waals surface area contributed by atoms with Crippen LogP contribution in [0.15, 0.2) is 48.7 Å². The number of nitrogens with zero attached hydrogens (tertiary/aromatic N) is 2. The molecular weight excluding hydrogens is 478 g/mol. The van der Waals surface area contributed by atoms with Crippen molar-refractivity contribution in [3.63, 3.8) is 0 Å². The summed E-state index contributed by atoms with van der Waals surface area (Å²) in [5, 5.41) is 3.84. The second-order valence-electron chi connectivity index (χ2n) is 8.09. The number of aryl methyl sites for hydroxylation is 1. The lowest BCUT2D eigenvalue weighted by Crippen LogP contribution is -2.41. The number of pyridine rings is 1. The van der Waals surface area contributed by atoms with Gasteiger partial charge in [-0.05, 0) is 67.1 Å². The van der Waals surface area contributed by atoms with Crippen LogP contribution >= 0.6 is 11.6 Å². The van der Waals surface area contributed by atoms with Gasteiger partial charge in [-0.15, -0.1) is 0 Å². The molecule has 7 nitrogen and oxygen atoms in total. The Balaban J connectivity index is 1.57. The van der Waals surface area contributed by atoms with Crippen molar-refractivity contribution in [1.82, 2.24) is 9.88 Å². The Labute approximate surface area is 207 Å². The fourth-order valence-electron chi connectivity index (χ4n) is 3.60. The predicted molar refractivity (Wildman–Crippen MR) is 131 cm³/mol. The van der Waals surface area contributed by atoms with Gasteiger partial charge in [0.1, 0.15) is 24.1 Å². The highest BCUT2D eigenvalue weighted by molar-refractivity contribution is 6.31. The number of rotatable bonds is 10. The second-order valence-corrected chi connectivity index (χ2v) is 8.46. The number of halogens is 3. The van der Waals surface area contributed by atoms with Crippen LogP contribution in [0.5, 0.6) is 0 Å². The molecule has 3 N–H and O–H groups in total. The molecule has 3 aromatic rings.